The van der Waals surface area contributed by atoms with Gasteiger partial charge in [0.1, 0.15) is 22.3 Å². The van der Waals surface area contributed by atoms with E-state index >= 15 is 0 Å². The number of rotatable bonds is 3. The van der Waals surface area contributed by atoms with E-state index in [1.807, 2.05) is 48.7 Å². The Balaban J connectivity index is 1.69. The number of pyridine rings is 1. The van der Waals surface area contributed by atoms with Gasteiger partial charge in [-0.3, -0.25) is 4.98 Å². The molecule has 0 unspecified atom stereocenters. The molecule has 0 aliphatic rings. The molecule has 0 spiro atoms. The number of furan rings is 2. The Bertz CT molecular complexity index is 1870. The van der Waals surface area contributed by atoms with Gasteiger partial charge in [0.2, 0.25) is 0 Å². The van der Waals surface area contributed by atoms with Crippen LogP contribution in [0.2, 0.25) is 0 Å². The summed E-state index contributed by atoms with van der Waals surface area (Å²) < 4.78 is 13.1. The van der Waals surface area contributed by atoms with Crippen LogP contribution in [0.25, 0.3) is 66.3 Å². The SMILES string of the molecule is CC(C)c1c(-c2ccnc(-c3ccccc3)c2)c2oc3ccccc3c2c2oc3ccccc3c12. The van der Waals surface area contributed by atoms with Gasteiger partial charge in [0.15, 0.2) is 0 Å². The zero-order valence-electron chi connectivity index (χ0n) is 19.6. The lowest BCUT2D eigenvalue weighted by atomic mass is 9.86. The van der Waals surface area contributed by atoms with Gasteiger partial charge in [0, 0.05) is 33.5 Å². The first-order chi connectivity index (χ1) is 17.2. The zero-order valence-corrected chi connectivity index (χ0v) is 19.6. The van der Waals surface area contributed by atoms with Crippen molar-refractivity contribution in [3.63, 3.8) is 0 Å². The highest BCUT2D eigenvalue weighted by atomic mass is 16.3. The van der Waals surface area contributed by atoms with E-state index in [0.717, 1.165) is 60.9 Å². The third-order valence-corrected chi connectivity index (χ3v) is 6.88. The fraction of sp³-hybridized carbons (Fsp3) is 0.0938. The highest BCUT2D eigenvalue weighted by Gasteiger charge is 2.26. The van der Waals surface area contributed by atoms with Crippen LogP contribution in [0.1, 0.15) is 25.3 Å². The molecule has 0 bridgehead atoms. The second-order valence-electron chi connectivity index (χ2n) is 9.34. The molecule has 0 aliphatic carbocycles. The number of fused-ring (bicyclic) bond motifs is 7. The zero-order chi connectivity index (χ0) is 23.5. The molecular weight excluding hydrogens is 430 g/mol. The molecule has 7 aromatic rings. The molecule has 168 valence electrons. The molecule has 0 amide bonds. The Hall–Kier alpha value is -4.37. The van der Waals surface area contributed by atoms with Crippen molar-refractivity contribution in [2.45, 2.75) is 19.8 Å². The van der Waals surface area contributed by atoms with Gasteiger partial charge in [0.05, 0.1) is 11.1 Å². The van der Waals surface area contributed by atoms with Crippen molar-refractivity contribution in [1.29, 1.82) is 0 Å². The van der Waals surface area contributed by atoms with E-state index in [4.69, 9.17) is 8.83 Å². The van der Waals surface area contributed by atoms with E-state index in [2.05, 4.69) is 67.4 Å². The van der Waals surface area contributed by atoms with Crippen LogP contribution in [0, 0.1) is 0 Å². The second-order valence-corrected chi connectivity index (χ2v) is 9.34. The normalized spacial score (nSPS) is 12.0. The smallest absolute Gasteiger partial charge is 0.147 e. The van der Waals surface area contributed by atoms with Gasteiger partial charge in [0.25, 0.3) is 0 Å². The predicted molar refractivity (Wildman–Crippen MR) is 144 cm³/mol. The minimum Gasteiger partial charge on any atom is -0.455 e. The summed E-state index contributed by atoms with van der Waals surface area (Å²) >= 11 is 0. The lowest BCUT2D eigenvalue weighted by Gasteiger charge is -2.16. The molecule has 0 saturated carbocycles. The van der Waals surface area contributed by atoms with Crippen LogP contribution in [-0.2, 0) is 0 Å². The van der Waals surface area contributed by atoms with Crippen molar-refractivity contribution < 1.29 is 8.83 Å². The fourth-order valence-corrected chi connectivity index (χ4v) is 5.40. The number of nitrogens with zero attached hydrogens (tertiary/aromatic N) is 1. The average molecular weight is 454 g/mol. The quantitative estimate of drug-likeness (QED) is 0.267. The number of para-hydroxylation sites is 2. The van der Waals surface area contributed by atoms with E-state index in [9.17, 15) is 0 Å². The molecule has 0 radical (unpaired) electrons. The van der Waals surface area contributed by atoms with Crippen molar-refractivity contribution in [2.24, 2.45) is 0 Å². The lowest BCUT2D eigenvalue weighted by Crippen LogP contribution is -1.96. The Morgan fingerprint density at radius 2 is 1.26 bits per heavy atom. The van der Waals surface area contributed by atoms with Gasteiger partial charge in [-0.25, -0.2) is 0 Å². The minimum absolute atomic E-state index is 0.249. The van der Waals surface area contributed by atoms with Gasteiger partial charge in [-0.05, 0) is 41.3 Å². The number of benzene rings is 4. The molecule has 3 nitrogen and oxygen atoms in total. The van der Waals surface area contributed by atoms with Crippen LogP contribution >= 0.6 is 0 Å². The molecule has 0 fully saturated rings. The van der Waals surface area contributed by atoms with Gasteiger partial charge >= 0.3 is 0 Å². The first-order valence-corrected chi connectivity index (χ1v) is 12.0. The highest BCUT2D eigenvalue weighted by molar-refractivity contribution is 6.26. The van der Waals surface area contributed by atoms with Crippen LogP contribution in [0.5, 0.6) is 0 Å². The lowest BCUT2D eigenvalue weighted by molar-refractivity contribution is 0.662. The molecule has 0 saturated heterocycles. The van der Waals surface area contributed by atoms with E-state index in [1.54, 1.807) is 0 Å². The van der Waals surface area contributed by atoms with Crippen LogP contribution in [0.3, 0.4) is 0 Å². The predicted octanol–water partition coefficient (Wildman–Crippen LogP) is 9.34. The van der Waals surface area contributed by atoms with Gasteiger partial charge in [-0.15, -0.1) is 0 Å². The summed E-state index contributed by atoms with van der Waals surface area (Å²) in [5, 5.41) is 4.41. The summed E-state index contributed by atoms with van der Waals surface area (Å²) in [4.78, 5) is 4.69. The summed E-state index contributed by atoms with van der Waals surface area (Å²) in [6.45, 7) is 4.49. The van der Waals surface area contributed by atoms with Crippen molar-refractivity contribution in [3.8, 4) is 22.4 Å². The van der Waals surface area contributed by atoms with Crippen molar-refractivity contribution in [3.05, 3.63) is 103 Å². The number of hydrogen-bond acceptors (Lipinski definition) is 3. The van der Waals surface area contributed by atoms with Gasteiger partial charge in [-0.2, -0.15) is 0 Å². The van der Waals surface area contributed by atoms with Crippen LogP contribution in [-0.4, -0.2) is 4.98 Å². The van der Waals surface area contributed by atoms with Crippen molar-refractivity contribution >= 4 is 43.9 Å². The highest BCUT2D eigenvalue weighted by Crippen LogP contribution is 2.49. The summed E-state index contributed by atoms with van der Waals surface area (Å²) in [6, 6.07) is 31.1. The Labute approximate surface area is 202 Å². The second kappa shape index (κ2) is 7.57. The third-order valence-electron chi connectivity index (χ3n) is 6.88. The number of aromatic nitrogens is 1. The molecule has 4 aromatic carbocycles. The van der Waals surface area contributed by atoms with Gasteiger partial charge in [-0.1, -0.05) is 80.6 Å². The summed E-state index contributed by atoms with van der Waals surface area (Å²) in [6.07, 6.45) is 1.90. The Kier molecular flexibility index (Phi) is 4.34. The summed E-state index contributed by atoms with van der Waals surface area (Å²) in [7, 11) is 0. The maximum absolute atomic E-state index is 6.60. The van der Waals surface area contributed by atoms with Crippen molar-refractivity contribution in [2.75, 3.05) is 0 Å². The monoisotopic (exact) mass is 453 g/mol. The molecule has 0 atom stereocenters. The summed E-state index contributed by atoms with van der Waals surface area (Å²) in [5.41, 5.74) is 9.01. The van der Waals surface area contributed by atoms with E-state index in [-0.39, 0.29) is 5.92 Å². The van der Waals surface area contributed by atoms with Crippen molar-refractivity contribution in [1.82, 2.24) is 4.98 Å². The van der Waals surface area contributed by atoms with Crippen LogP contribution < -0.4 is 0 Å². The third kappa shape index (κ3) is 2.95. The maximum Gasteiger partial charge on any atom is 0.147 e. The molecule has 7 rings (SSSR count). The largest absolute Gasteiger partial charge is 0.455 e. The first kappa shape index (κ1) is 20.0. The Morgan fingerprint density at radius 3 is 1.97 bits per heavy atom. The topological polar surface area (TPSA) is 39.2 Å². The Morgan fingerprint density at radius 1 is 0.629 bits per heavy atom. The molecule has 0 aliphatic heterocycles. The van der Waals surface area contributed by atoms with Crippen LogP contribution in [0.4, 0.5) is 0 Å². The molecule has 3 heterocycles. The standard InChI is InChI=1S/C32H23NO2/c1-19(2)27-28(21-16-17-33-24(18-21)20-10-4-3-5-11-20)31-30(23-13-7-9-15-26(23)34-31)32-29(27)22-12-6-8-14-25(22)35-32/h3-19H,1-2H3. The van der Waals surface area contributed by atoms with E-state index in [1.165, 1.54) is 10.9 Å². The van der Waals surface area contributed by atoms with Crippen LogP contribution in [0.15, 0.2) is 106 Å². The minimum atomic E-state index is 0.249. The molecule has 3 aromatic heterocycles. The van der Waals surface area contributed by atoms with E-state index < -0.39 is 0 Å². The number of hydrogen-bond donors (Lipinski definition) is 0. The molecule has 3 heteroatoms. The van der Waals surface area contributed by atoms with Gasteiger partial charge < -0.3 is 8.83 Å². The fourth-order valence-electron chi connectivity index (χ4n) is 5.40. The molecule has 35 heavy (non-hydrogen) atoms. The maximum atomic E-state index is 6.60. The molecular formula is C32H23NO2. The first-order valence-electron chi connectivity index (χ1n) is 12.0. The average Bonchev–Trinajstić information content (AvgIpc) is 3.47. The molecule has 0 N–H and O–H groups in total. The summed E-state index contributed by atoms with van der Waals surface area (Å²) in [5.74, 6) is 0.249. The van der Waals surface area contributed by atoms with E-state index in [0.29, 0.717) is 0 Å².